The number of imidazole rings is 1. The molecule has 3 aromatic heterocycles. The molecule has 8 aromatic rings. The molecule has 0 spiro atoms. The van der Waals surface area contributed by atoms with E-state index in [-0.39, 0.29) is 0 Å². The zero-order valence-electron chi connectivity index (χ0n) is 23.3. The van der Waals surface area contributed by atoms with E-state index in [1.807, 2.05) is 6.20 Å². The van der Waals surface area contributed by atoms with Crippen molar-refractivity contribution < 1.29 is 0 Å². The van der Waals surface area contributed by atoms with Gasteiger partial charge in [0.1, 0.15) is 10.3 Å². The molecule has 0 bridgehead atoms. The number of halogens is 1. The quantitative estimate of drug-likeness (QED) is 0.181. The molecule has 1 aliphatic rings. The fraction of sp³-hybridized carbons (Fsp3) is 0.0513. The molecule has 5 aromatic carbocycles. The highest BCUT2D eigenvalue weighted by Crippen LogP contribution is 2.39. The summed E-state index contributed by atoms with van der Waals surface area (Å²) in [5.74, 6) is 0. The minimum Gasteiger partial charge on any atom is -0.313 e. The van der Waals surface area contributed by atoms with Crippen LogP contribution in [-0.4, -0.2) is 14.0 Å². The van der Waals surface area contributed by atoms with Crippen LogP contribution in [0.4, 0.5) is 0 Å². The van der Waals surface area contributed by atoms with Gasteiger partial charge in [0.2, 0.25) is 0 Å². The monoisotopic (exact) mass is 615 g/mol. The third kappa shape index (κ3) is 3.76. The Hall–Kier alpha value is -4.93. The van der Waals surface area contributed by atoms with Gasteiger partial charge in [-0.3, -0.25) is 4.40 Å². The number of hydrogen-bond acceptors (Lipinski definition) is 1. The van der Waals surface area contributed by atoms with Gasteiger partial charge in [0, 0.05) is 33.1 Å². The van der Waals surface area contributed by atoms with E-state index in [9.17, 15) is 0 Å². The van der Waals surface area contributed by atoms with Gasteiger partial charge in [0.15, 0.2) is 0 Å². The number of allylic oxidation sites excluding steroid dienone is 1. The third-order valence-electron chi connectivity index (χ3n) is 8.90. The second kappa shape index (κ2) is 9.55. The summed E-state index contributed by atoms with van der Waals surface area (Å²) in [6, 6.07) is 42.0. The van der Waals surface area contributed by atoms with Gasteiger partial charge in [-0.25, -0.2) is 4.98 Å². The number of rotatable bonds is 3. The van der Waals surface area contributed by atoms with Gasteiger partial charge in [-0.05, 0) is 92.8 Å². The van der Waals surface area contributed by atoms with Crippen LogP contribution in [0.1, 0.15) is 17.7 Å². The Morgan fingerprint density at radius 2 is 1.33 bits per heavy atom. The number of nitrogens with zero attached hydrogens (tertiary/aromatic N) is 3. The molecule has 0 saturated heterocycles. The van der Waals surface area contributed by atoms with Crippen LogP contribution in [0.15, 0.2) is 132 Å². The Morgan fingerprint density at radius 1 is 0.605 bits per heavy atom. The van der Waals surface area contributed by atoms with Crippen LogP contribution in [0, 0.1) is 0 Å². The van der Waals surface area contributed by atoms with Crippen molar-refractivity contribution in [3.8, 4) is 27.9 Å². The molecule has 0 atom stereocenters. The summed E-state index contributed by atoms with van der Waals surface area (Å²) in [5, 5.41) is 4.89. The topological polar surface area (TPSA) is 22.2 Å². The van der Waals surface area contributed by atoms with E-state index in [4.69, 9.17) is 4.98 Å². The van der Waals surface area contributed by atoms with Crippen LogP contribution in [0.2, 0.25) is 0 Å². The zero-order chi connectivity index (χ0) is 28.5. The summed E-state index contributed by atoms with van der Waals surface area (Å²) in [7, 11) is 0. The van der Waals surface area contributed by atoms with E-state index >= 15 is 0 Å². The fourth-order valence-electron chi connectivity index (χ4n) is 6.94. The van der Waals surface area contributed by atoms with Crippen molar-refractivity contribution in [1.82, 2.24) is 14.0 Å². The first kappa shape index (κ1) is 24.6. The Labute approximate surface area is 257 Å². The van der Waals surface area contributed by atoms with E-state index in [2.05, 4.69) is 152 Å². The second-order valence-electron chi connectivity index (χ2n) is 11.3. The highest BCUT2D eigenvalue weighted by molar-refractivity contribution is 9.10. The van der Waals surface area contributed by atoms with Gasteiger partial charge in [-0.1, -0.05) is 91.0 Å². The van der Waals surface area contributed by atoms with Crippen LogP contribution in [0.3, 0.4) is 0 Å². The predicted octanol–water partition coefficient (Wildman–Crippen LogP) is 10.6. The second-order valence-corrected chi connectivity index (χ2v) is 12.1. The first-order valence-corrected chi connectivity index (χ1v) is 15.5. The number of hydrogen-bond donors (Lipinski definition) is 0. The van der Waals surface area contributed by atoms with Crippen LogP contribution in [0.5, 0.6) is 0 Å². The molecule has 0 unspecified atom stereocenters. The van der Waals surface area contributed by atoms with Gasteiger partial charge in [-0.15, -0.1) is 0 Å². The summed E-state index contributed by atoms with van der Waals surface area (Å²) in [4.78, 5) is 4.71. The maximum absolute atomic E-state index is 4.71. The summed E-state index contributed by atoms with van der Waals surface area (Å²) >= 11 is 3.73. The highest BCUT2D eigenvalue weighted by atomic mass is 79.9. The van der Waals surface area contributed by atoms with Crippen molar-refractivity contribution in [1.29, 1.82) is 0 Å². The molecular weight excluding hydrogens is 590 g/mol. The molecule has 0 amide bonds. The van der Waals surface area contributed by atoms with Gasteiger partial charge in [-0.2, -0.15) is 0 Å². The predicted molar refractivity (Wildman–Crippen MR) is 183 cm³/mol. The first-order chi connectivity index (χ1) is 21.2. The zero-order valence-corrected chi connectivity index (χ0v) is 24.9. The molecule has 204 valence electrons. The Morgan fingerprint density at radius 3 is 2.19 bits per heavy atom. The van der Waals surface area contributed by atoms with Crippen molar-refractivity contribution >= 4 is 60.2 Å². The maximum Gasteiger partial charge on any atom is 0.146 e. The van der Waals surface area contributed by atoms with Crippen LogP contribution in [0.25, 0.3) is 72.2 Å². The molecule has 0 N–H and O–H groups in total. The summed E-state index contributed by atoms with van der Waals surface area (Å²) in [5.41, 5.74) is 12.2. The average Bonchev–Trinajstić information content (AvgIpc) is 3.63. The van der Waals surface area contributed by atoms with Crippen molar-refractivity contribution in [2.45, 2.75) is 12.8 Å². The lowest BCUT2D eigenvalue weighted by Crippen LogP contribution is -2.03. The van der Waals surface area contributed by atoms with Crippen molar-refractivity contribution in [2.75, 3.05) is 0 Å². The lowest BCUT2D eigenvalue weighted by atomic mass is 9.97. The van der Waals surface area contributed by atoms with Crippen molar-refractivity contribution in [3.05, 3.63) is 143 Å². The maximum atomic E-state index is 4.71. The Balaban J connectivity index is 1.24. The fourth-order valence-corrected chi connectivity index (χ4v) is 7.40. The Bertz CT molecular complexity index is 2410. The van der Waals surface area contributed by atoms with E-state index in [1.54, 1.807) is 0 Å². The molecule has 0 fully saturated rings. The molecule has 9 rings (SSSR count). The highest BCUT2D eigenvalue weighted by Gasteiger charge is 2.20. The molecule has 0 saturated carbocycles. The van der Waals surface area contributed by atoms with Gasteiger partial charge in [0.25, 0.3) is 0 Å². The summed E-state index contributed by atoms with van der Waals surface area (Å²) in [6.45, 7) is 0. The normalized spacial score (nSPS) is 13.0. The molecular formula is C39H26BrN3. The largest absolute Gasteiger partial charge is 0.313 e. The van der Waals surface area contributed by atoms with E-state index < -0.39 is 0 Å². The summed E-state index contributed by atoms with van der Waals surface area (Å²) in [6.07, 6.45) is 8.62. The number of pyridine rings is 1. The molecule has 3 nitrogen and oxygen atoms in total. The smallest absolute Gasteiger partial charge is 0.146 e. The van der Waals surface area contributed by atoms with Gasteiger partial charge < -0.3 is 4.57 Å². The van der Waals surface area contributed by atoms with Gasteiger partial charge in [0.05, 0.1) is 17.2 Å². The molecule has 43 heavy (non-hydrogen) atoms. The van der Waals surface area contributed by atoms with E-state index in [0.29, 0.717) is 0 Å². The number of aromatic nitrogens is 3. The standard InChI is InChI=1S/C39H26BrN3/c40-38-24-41-39-32-15-5-4-13-30(32)33-22-27(18-20-37(33)43(38)39)28-17-19-36-34(23-28)31-14-6-7-16-35(31)42(36)29-12-8-11-26(21-29)25-9-2-1-3-10-25/h1-6,8-15,17-24H,7,16H2. The van der Waals surface area contributed by atoms with Crippen LogP contribution in [-0.2, 0) is 6.42 Å². The minimum atomic E-state index is 0.962. The minimum absolute atomic E-state index is 0.962. The summed E-state index contributed by atoms with van der Waals surface area (Å²) < 4.78 is 5.64. The van der Waals surface area contributed by atoms with E-state index in [1.165, 1.54) is 60.9 Å². The molecule has 3 heterocycles. The first-order valence-electron chi connectivity index (χ1n) is 14.7. The van der Waals surface area contributed by atoms with Crippen molar-refractivity contribution in [3.63, 3.8) is 0 Å². The van der Waals surface area contributed by atoms with Crippen LogP contribution < -0.4 is 0 Å². The number of benzene rings is 5. The van der Waals surface area contributed by atoms with E-state index in [0.717, 1.165) is 34.0 Å². The van der Waals surface area contributed by atoms with Gasteiger partial charge >= 0.3 is 0 Å². The average molecular weight is 617 g/mol. The molecule has 0 aliphatic heterocycles. The SMILES string of the molecule is Brc1cnc2c3ccccc3c3cc(-c4ccc5c(c4)c4c(n5-c5cccc(-c6ccccc6)c5)CCC=C4)ccc3n12. The lowest BCUT2D eigenvalue weighted by Gasteiger charge is -2.14. The molecule has 1 aliphatic carbocycles. The molecule has 4 heteroatoms. The van der Waals surface area contributed by atoms with Crippen molar-refractivity contribution in [2.24, 2.45) is 0 Å². The lowest BCUT2D eigenvalue weighted by molar-refractivity contribution is 0.889. The molecule has 0 radical (unpaired) electrons. The van der Waals surface area contributed by atoms with Crippen LogP contribution >= 0.6 is 15.9 Å². The number of fused-ring (bicyclic) bond motifs is 9. The Kier molecular flexibility index (Phi) is 5.47. The third-order valence-corrected chi connectivity index (χ3v) is 9.46.